The molecule has 1 aromatic heterocycles. The maximum Gasteiger partial charge on any atom is 0.274 e. The minimum Gasteiger partial charge on any atom is -0.355 e. The second-order valence-corrected chi connectivity index (χ2v) is 6.59. The Bertz CT molecular complexity index is 973. The fourth-order valence-electron chi connectivity index (χ4n) is 2.95. The van der Waals surface area contributed by atoms with Gasteiger partial charge in [-0.15, -0.1) is 0 Å². The van der Waals surface area contributed by atoms with E-state index in [1.807, 2.05) is 36.4 Å². The molecule has 1 saturated carbocycles. The quantitative estimate of drug-likeness (QED) is 0.732. The highest BCUT2D eigenvalue weighted by atomic mass is 16.2. The summed E-state index contributed by atoms with van der Waals surface area (Å²) in [4.78, 5) is 24.5. The zero-order valence-corrected chi connectivity index (χ0v) is 15.0. The highest BCUT2D eigenvalue weighted by Crippen LogP contribution is 2.39. The molecule has 3 aromatic rings. The number of amides is 2. The molecular formula is C21H20N4O2. The highest BCUT2D eigenvalue weighted by Gasteiger charge is 2.29. The van der Waals surface area contributed by atoms with E-state index < -0.39 is 0 Å². The second-order valence-electron chi connectivity index (χ2n) is 6.59. The van der Waals surface area contributed by atoms with E-state index in [1.54, 1.807) is 36.0 Å². The van der Waals surface area contributed by atoms with Crippen LogP contribution in [0.15, 0.2) is 60.7 Å². The third-order valence-electron chi connectivity index (χ3n) is 4.59. The van der Waals surface area contributed by atoms with Gasteiger partial charge in [0.05, 0.1) is 11.4 Å². The van der Waals surface area contributed by atoms with Crippen LogP contribution in [0.4, 0.5) is 5.69 Å². The van der Waals surface area contributed by atoms with Crippen LogP contribution in [0, 0.1) is 0 Å². The van der Waals surface area contributed by atoms with Crippen LogP contribution in [0.25, 0.3) is 5.69 Å². The molecule has 2 aromatic carbocycles. The van der Waals surface area contributed by atoms with Gasteiger partial charge in [-0.05, 0) is 55.3 Å². The molecule has 0 atom stereocenters. The van der Waals surface area contributed by atoms with Gasteiger partial charge in [0.25, 0.3) is 11.8 Å². The fourth-order valence-corrected chi connectivity index (χ4v) is 2.95. The average Bonchev–Trinajstić information content (AvgIpc) is 3.46. The van der Waals surface area contributed by atoms with Crippen LogP contribution < -0.4 is 10.6 Å². The van der Waals surface area contributed by atoms with Gasteiger partial charge in [0.2, 0.25) is 0 Å². The van der Waals surface area contributed by atoms with Crippen LogP contribution in [0.2, 0.25) is 0 Å². The van der Waals surface area contributed by atoms with Crippen molar-refractivity contribution in [3.63, 3.8) is 0 Å². The maximum atomic E-state index is 12.9. The van der Waals surface area contributed by atoms with Crippen LogP contribution in [0.5, 0.6) is 0 Å². The SMILES string of the molecule is CNC(=O)c1ccc(NC(=O)c2cc(C3CC3)nn2-c2ccccc2)cc1. The summed E-state index contributed by atoms with van der Waals surface area (Å²) in [6.07, 6.45) is 2.24. The number of aromatic nitrogens is 2. The second kappa shape index (κ2) is 7.07. The molecule has 0 unspecified atom stereocenters. The summed E-state index contributed by atoms with van der Waals surface area (Å²) in [5, 5.41) is 10.1. The molecule has 27 heavy (non-hydrogen) atoms. The number of carbonyl (C=O) groups excluding carboxylic acids is 2. The third-order valence-corrected chi connectivity index (χ3v) is 4.59. The van der Waals surface area contributed by atoms with Crippen molar-refractivity contribution in [2.75, 3.05) is 12.4 Å². The molecule has 0 saturated heterocycles. The summed E-state index contributed by atoms with van der Waals surface area (Å²) < 4.78 is 1.70. The number of hydrogen-bond donors (Lipinski definition) is 2. The summed E-state index contributed by atoms with van der Waals surface area (Å²) >= 11 is 0. The van der Waals surface area contributed by atoms with Crippen molar-refractivity contribution in [1.29, 1.82) is 0 Å². The summed E-state index contributed by atoms with van der Waals surface area (Å²) in [5.41, 5.74) is 3.48. The van der Waals surface area contributed by atoms with E-state index >= 15 is 0 Å². The Morgan fingerprint density at radius 2 is 1.70 bits per heavy atom. The minimum absolute atomic E-state index is 0.163. The van der Waals surface area contributed by atoms with Gasteiger partial charge in [0.1, 0.15) is 5.69 Å². The van der Waals surface area contributed by atoms with E-state index in [4.69, 9.17) is 0 Å². The minimum atomic E-state index is -0.231. The van der Waals surface area contributed by atoms with Crippen molar-refractivity contribution in [3.8, 4) is 5.69 Å². The number of benzene rings is 2. The Hall–Kier alpha value is -3.41. The lowest BCUT2D eigenvalue weighted by molar-refractivity contribution is 0.0962. The summed E-state index contributed by atoms with van der Waals surface area (Å²) in [7, 11) is 1.58. The summed E-state index contributed by atoms with van der Waals surface area (Å²) in [5.74, 6) is 0.0587. The Labute approximate surface area is 157 Å². The van der Waals surface area contributed by atoms with Gasteiger partial charge in [-0.25, -0.2) is 4.68 Å². The Kier molecular flexibility index (Phi) is 4.46. The molecule has 6 heteroatoms. The number of rotatable bonds is 5. The predicted molar refractivity (Wildman–Crippen MR) is 103 cm³/mol. The number of para-hydroxylation sites is 1. The largest absolute Gasteiger partial charge is 0.355 e. The molecule has 1 heterocycles. The Morgan fingerprint density at radius 3 is 2.33 bits per heavy atom. The topological polar surface area (TPSA) is 76.0 Å². The predicted octanol–water partition coefficient (Wildman–Crippen LogP) is 3.36. The summed E-state index contributed by atoms with van der Waals surface area (Å²) in [6, 6.07) is 18.3. The third kappa shape index (κ3) is 3.60. The van der Waals surface area contributed by atoms with Crippen molar-refractivity contribution in [1.82, 2.24) is 15.1 Å². The van der Waals surface area contributed by atoms with E-state index in [-0.39, 0.29) is 11.8 Å². The smallest absolute Gasteiger partial charge is 0.274 e. The zero-order chi connectivity index (χ0) is 18.8. The molecule has 2 amide bonds. The van der Waals surface area contributed by atoms with Crippen molar-refractivity contribution in [3.05, 3.63) is 77.6 Å². The molecular weight excluding hydrogens is 340 g/mol. The van der Waals surface area contributed by atoms with E-state index in [0.717, 1.165) is 24.2 Å². The number of anilines is 1. The number of hydrogen-bond acceptors (Lipinski definition) is 3. The van der Waals surface area contributed by atoms with Gasteiger partial charge in [-0.1, -0.05) is 18.2 Å². The number of nitrogens with zero attached hydrogens (tertiary/aromatic N) is 2. The Balaban J connectivity index is 1.60. The normalized spacial score (nSPS) is 13.2. The molecule has 0 aliphatic heterocycles. The lowest BCUT2D eigenvalue weighted by Gasteiger charge is -2.09. The van der Waals surface area contributed by atoms with Gasteiger partial charge in [0, 0.05) is 24.2 Å². The first-order valence-electron chi connectivity index (χ1n) is 8.94. The van der Waals surface area contributed by atoms with Crippen LogP contribution in [0.1, 0.15) is 45.3 Å². The average molecular weight is 360 g/mol. The summed E-state index contributed by atoms with van der Waals surface area (Å²) in [6.45, 7) is 0. The van der Waals surface area contributed by atoms with E-state index in [2.05, 4.69) is 15.7 Å². The van der Waals surface area contributed by atoms with Crippen LogP contribution in [-0.4, -0.2) is 28.6 Å². The van der Waals surface area contributed by atoms with Gasteiger partial charge in [0.15, 0.2) is 0 Å². The lowest BCUT2D eigenvalue weighted by Crippen LogP contribution is -2.18. The van der Waals surface area contributed by atoms with Gasteiger partial charge in [-0.3, -0.25) is 9.59 Å². The molecule has 6 nitrogen and oxygen atoms in total. The van der Waals surface area contributed by atoms with Crippen LogP contribution in [-0.2, 0) is 0 Å². The standard InChI is InChI=1S/C21H20N4O2/c1-22-20(26)15-9-11-16(12-10-15)23-21(27)19-13-18(14-7-8-14)24-25(19)17-5-3-2-4-6-17/h2-6,9-14H,7-8H2,1H3,(H,22,26)(H,23,27). The molecule has 1 aliphatic rings. The molecule has 0 bridgehead atoms. The number of carbonyl (C=O) groups is 2. The van der Waals surface area contributed by atoms with Gasteiger partial charge < -0.3 is 10.6 Å². The fraction of sp³-hybridized carbons (Fsp3) is 0.190. The first-order valence-corrected chi connectivity index (χ1v) is 8.94. The molecule has 1 fully saturated rings. The molecule has 136 valence electrons. The first-order chi connectivity index (χ1) is 13.2. The molecule has 0 radical (unpaired) electrons. The molecule has 2 N–H and O–H groups in total. The van der Waals surface area contributed by atoms with Crippen molar-refractivity contribution in [2.24, 2.45) is 0 Å². The zero-order valence-electron chi connectivity index (χ0n) is 15.0. The highest BCUT2D eigenvalue weighted by molar-refractivity contribution is 6.04. The van der Waals surface area contributed by atoms with E-state index in [1.165, 1.54) is 0 Å². The van der Waals surface area contributed by atoms with Crippen molar-refractivity contribution < 1.29 is 9.59 Å². The van der Waals surface area contributed by atoms with Crippen molar-refractivity contribution >= 4 is 17.5 Å². The number of nitrogens with one attached hydrogen (secondary N) is 2. The molecule has 1 aliphatic carbocycles. The monoisotopic (exact) mass is 360 g/mol. The van der Waals surface area contributed by atoms with E-state index in [0.29, 0.717) is 22.9 Å². The van der Waals surface area contributed by atoms with Gasteiger partial charge >= 0.3 is 0 Å². The first kappa shape index (κ1) is 17.0. The lowest BCUT2D eigenvalue weighted by atomic mass is 10.2. The van der Waals surface area contributed by atoms with Gasteiger partial charge in [-0.2, -0.15) is 5.10 Å². The molecule has 4 rings (SSSR count). The van der Waals surface area contributed by atoms with Crippen LogP contribution in [0.3, 0.4) is 0 Å². The Morgan fingerprint density at radius 1 is 1.00 bits per heavy atom. The van der Waals surface area contributed by atoms with E-state index in [9.17, 15) is 9.59 Å². The molecule has 0 spiro atoms. The maximum absolute atomic E-state index is 12.9. The van der Waals surface area contributed by atoms with Crippen LogP contribution >= 0.6 is 0 Å². The van der Waals surface area contributed by atoms with Crippen molar-refractivity contribution in [2.45, 2.75) is 18.8 Å².